The number of amides is 1. The Morgan fingerprint density at radius 1 is 1.00 bits per heavy atom. The number of nitrogens with one attached hydrogen (secondary N) is 1. The molecule has 27 heavy (non-hydrogen) atoms. The van der Waals surface area contributed by atoms with Gasteiger partial charge in [0.2, 0.25) is 0 Å². The lowest BCUT2D eigenvalue weighted by atomic mass is 10.1. The maximum atomic E-state index is 12.7. The summed E-state index contributed by atoms with van der Waals surface area (Å²) in [6.07, 6.45) is 0. The third-order valence-corrected chi connectivity index (χ3v) is 4.55. The van der Waals surface area contributed by atoms with Crippen LogP contribution in [0.1, 0.15) is 34.7 Å². The van der Waals surface area contributed by atoms with E-state index in [0.29, 0.717) is 11.3 Å². The normalized spacial score (nSPS) is 12.1. The molecule has 2 aromatic carbocycles. The van der Waals surface area contributed by atoms with Crippen LogP contribution in [0.5, 0.6) is 0 Å². The Labute approximate surface area is 157 Å². The van der Waals surface area contributed by atoms with Crippen molar-refractivity contribution in [2.24, 2.45) is 0 Å². The number of carbonyl (C=O) groups is 1. The second-order valence-electron chi connectivity index (χ2n) is 6.55. The fourth-order valence-corrected chi connectivity index (χ4v) is 3.09. The number of rotatable bonds is 4. The lowest BCUT2D eigenvalue weighted by Crippen LogP contribution is -2.27. The summed E-state index contributed by atoms with van der Waals surface area (Å²) in [5.74, 6) is -0.195. The first-order valence-corrected chi connectivity index (χ1v) is 8.90. The summed E-state index contributed by atoms with van der Waals surface area (Å²) < 4.78 is 1.76. The molecule has 4 aromatic rings. The van der Waals surface area contributed by atoms with Gasteiger partial charge in [-0.3, -0.25) is 4.79 Å². The van der Waals surface area contributed by atoms with Gasteiger partial charge in [0, 0.05) is 17.3 Å². The van der Waals surface area contributed by atoms with Crippen molar-refractivity contribution in [2.75, 3.05) is 0 Å². The van der Waals surface area contributed by atoms with E-state index in [-0.39, 0.29) is 11.9 Å². The van der Waals surface area contributed by atoms with E-state index in [4.69, 9.17) is 0 Å². The Kier molecular flexibility index (Phi) is 4.42. The van der Waals surface area contributed by atoms with Crippen LogP contribution < -0.4 is 5.32 Å². The van der Waals surface area contributed by atoms with Crippen molar-refractivity contribution in [1.29, 1.82) is 0 Å². The topological polar surface area (TPSA) is 59.3 Å². The van der Waals surface area contributed by atoms with Crippen LogP contribution in [0.25, 0.3) is 16.9 Å². The molecule has 5 heteroatoms. The second kappa shape index (κ2) is 7.03. The molecule has 1 N–H and O–H groups in total. The van der Waals surface area contributed by atoms with Gasteiger partial charge < -0.3 is 5.32 Å². The lowest BCUT2D eigenvalue weighted by molar-refractivity contribution is 0.0935. The van der Waals surface area contributed by atoms with E-state index in [0.717, 1.165) is 22.5 Å². The molecule has 2 heterocycles. The first-order chi connectivity index (χ1) is 13.1. The van der Waals surface area contributed by atoms with Crippen LogP contribution in [0, 0.1) is 6.92 Å². The molecule has 1 unspecified atom stereocenters. The molecule has 134 valence electrons. The van der Waals surface area contributed by atoms with Gasteiger partial charge in [-0.05, 0) is 25.5 Å². The minimum atomic E-state index is -0.195. The Hall–Kier alpha value is -3.47. The fraction of sp³-hybridized carbons (Fsp3) is 0.136. The standard InChI is InChI=1S/C22H20N4O/c1-15-13-20(22(27)23-16(2)17-9-5-3-6-10-17)24-21-14-19(25-26(15)21)18-11-7-4-8-12-18/h3-14,16H,1-2H3,(H,23,27). The van der Waals surface area contributed by atoms with Gasteiger partial charge in [-0.15, -0.1) is 0 Å². The highest BCUT2D eigenvalue weighted by molar-refractivity contribution is 5.93. The minimum Gasteiger partial charge on any atom is -0.344 e. The summed E-state index contributed by atoms with van der Waals surface area (Å²) in [7, 11) is 0. The molecule has 4 rings (SSSR count). The van der Waals surface area contributed by atoms with Gasteiger partial charge in [-0.2, -0.15) is 5.10 Å². The molecule has 0 fully saturated rings. The SMILES string of the molecule is Cc1cc(C(=O)NC(C)c2ccccc2)nc2cc(-c3ccccc3)nn12. The Balaban J connectivity index is 1.63. The quantitative estimate of drug-likeness (QED) is 0.596. The number of carbonyl (C=O) groups excluding carboxylic acids is 1. The molecule has 0 aliphatic heterocycles. The van der Waals surface area contributed by atoms with E-state index in [9.17, 15) is 4.79 Å². The van der Waals surface area contributed by atoms with E-state index in [1.54, 1.807) is 10.6 Å². The largest absolute Gasteiger partial charge is 0.344 e. The number of hydrogen-bond acceptors (Lipinski definition) is 3. The predicted octanol–water partition coefficient (Wildman–Crippen LogP) is 4.20. The molecule has 0 bridgehead atoms. The highest BCUT2D eigenvalue weighted by atomic mass is 16.1. The minimum absolute atomic E-state index is 0.0955. The summed E-state index contributed by atoms with van der Waals surface area (Å²) in [4.78, 5) is 17.2. The fourth-order valence-electron chi connectivity index (χ4n) is 3.09. The van der Waals surface area contributed by atoms with Gasteiger partial charge in [0.15, 0.2) is 5.65 Å². The second-order valence-corrected chi connectivity index (χ2v) is 6.55. The van der Waals surface area contributed by atoms with Crippen LogP contribution in [0.2, 0.25) is 0 Å². The Bertz CT molecular complexity index is 1090. The van der Waals surface area contributed by atoms with Crippen molar-refractivity contribution in [1.82, 2.24) is 19.9 Å². The molecule has 1 amide bonds. The third kappa shape index (κ3) is 3.44. The summed E-state index contributed by atoms with van der Waals surface area (Å²) in [5, 5.41) is 7.63. The smallest absolute Gasteiger partial charge is 0.270 e. The van der Waals surface area contributed by atoms with E-state index in [1.807, 2.05) is 80.6 Å². The number of aryl methyl sites for hydroxylation is 1. The van der Waals surface area contributed by atoms with Crippen molar-refractivity contribution in [3.8, 4) is 11.3 Å². The van der Waals surface area contributed by atoms with E-state index in [1.165, 1.54) is 0 Å². The summed E-state index contributed by atoms with van der Waals surface area (Å²) in [5.41, 5.74) is 4.82. The Morgan fingerprint density at radius 2 is 1.67 bits per heavy atom. The number of aromatic nitrogens is 3. The monoisotopic (exact) mass is 356 g/mol. The lowest BCUT2D eigenvalue weighted by Gasteiger charge is -2.14. The average molecular weight is 356 g/mol. The molecule has 0 saturated carbocycles. The maximum absolute atomic E-state index is 12.7. The number of fused-ring (bicyclic) bond motifs is 1. The van der Waals surface area contributed by atoms with Gasteiger partial charge in [0.05, 0.1) is 11.7 Å². The molecular weight excluding hydrogens is 336 g/mol. The van der Waals surface area contributed by atoms with Gasteiger partial charge >= 0.3 is 0 Å². The Morgan fingerprint density at radius 3 is 2.37 bits per heavy atom. The summed E-state index contributed by atoms with van der Waals surface area (Å²) in [6.45, 7) is 3.89. The van der Waals surface area contributed by atoms with Crippen LogP contribution >= 0.6 is 0 Å². The molecule has 1 atom stereocenters. The first kappa shape index (κ1) is 17.0. The van der Waals surface area contributed by atoms with Crippen molar-refractivity contribution in [2.45, 2.75) is 19.9 Å². The molecule has 0 spiro atoms. The molecule has 0 aliphatic rings. The number of hydrogen-bond donors (Lipinski definition) is 1. The van der Waals surface area contributed by atoms with Crippen LogP contribution in [-0.4, -0.2) is 20.5 Å². The van der Waals surface area contributed by atoms with Crippen molar-refractivity contribution in [3.05, 3.63) is 89.7 Å². The zero-order valence-electron chi connectivity index (χ0n) is 15.3. The zero-order valence-corrected chi connectivity index (χ0v) is 15.3. The van der Waals surface area contributed by atoms with Crippen molar-refractivity contribution in [3.63, 3.8) is 0 Å². The van der Waals surface area contributed by atoms with Crippen LogP contribution in [-0.2, 0) is 0 Å². The van der Waals surface area contributed by atoms with Gasteiger partial charge in [0.25, 0.3) is 5.91 Å². The maximum Gasteiger partial charge on any atom is 0.270 e. The molecule has 2 aromatic heterocycles. The third-order valence-electron chi connectivity index (χ3n) is 4.55. The zero-order chi connectivity index (χ0) is 18.8. The van der Waals surface area contributed by atoms with E-state index < -0.39 is 0 Å². The van der Waals surface area contributed by atoms with Crippen molar-refractivity contribution >= 4 is 11.6 Å². The molecule has 0 saturated heterocycles. The summed E-state index contributed by atoms with van der Waals surface area (Å²) in [6, 6.07) is 23.4. The van der Waals surface area contributed by atoms with Crippen LogP contribution in [0.3, 0.4) is 0 Å². The van der Waals surface area contributed by atoms with Gasteiger partial charge in [0.1, 0.15) is 5.69 Å². The number of benzene rings is 2. The summed E-state index contributed by atoms with van der Waals surface area (Å²) >= 11 is 0. The van der Waals surface area contributed by atoms with Gasteiger partial charge in [-0.25, -0.2) is 9.50 Å². The molecule has 5 nitrogen and oxygen atoms in total. The highest BCUT2D eigenvalue weighted by Crippen LogP contribution is 2.20. The highest BCUT2D eigenvalue weighted by Gasteiger charge is 2.15. The predicted molar refractivity (Wildman–Crippen MR) is 105 cm³/mol. The molecular formula is C22H20N4O. The number of nitrogens with zero attached hydrogens (tertiary/aromatic N) is 3. The van der Waals surface area contributed by atoms with Gasteiger partial charge in [-0.1, -0.05) is 60.7 Å². The van der Waals surface area contributed by atoms with Crippen LogP contribution in [0.15, 0.2) is 72.8 Å². The molecule has 0 aliphatic carbocycles. The van der Waals surface area contributed by atoms with Crippen molar-refractivity contribution < 1.29 is 4.79 Å². The van der Waals surface area contributed by atoms with Crippen LogP contribution in [0.4, 0.5) is 0 Å². The van der Waals surface area contributed by atoms with E-state index >= 15 is 0 Å². The molecule has 0 radical (unpaired) electrons. The van der Waals surface area contributed by atoms with E-state index in [2.05, 4.69) is 15.4 Å². The average Bonchev–Trinajstić information content (AvgIpc) is 3.14. The first-order valence-electron chi connectivity index (χ1n) is 8.90.